The highest BCUT2D eigenvalue weighted by atomic mass is 16.5. The number of aromatic hydroxyl groups is 1. The molecule has 0 atom stereocenters. The van der Waals surface area contributed by atoms with Crippen molar-refractivity contribution in [3.8, 4) is 11.5 Å². The van der Waals surface area contributed by atoms with Crippen LogP contribution in [0.4, 0.5) is 0 Å². The van der Waals surface area contributed by atoms with Crippen LogP contribution in [0.2, 0.25) is 0 Å². The zero-order valence-electron chi connectivity index (χ0n) is 11.1. The van der Waals surface area contributed by atoms with E-state index in [4.69, 9.17) is 4.74 Å². The minimum atomic E-state index is 0.0299. The number of phenolic OH excluding ortho intramolecular Hbond substituents is 1. The number of carbonyl (C=O) groups is 1. The van der Waals surface area contributed by atoms with Gasteiger partial charge in [0.2, 0.25) is 0 Å². The number of methoxy groups -OCH3 is 1. The van der Waals surface area contributed by atoms with Gasteiger partial charge in [0.25, 0.3) is 0 Å². The number of Topliss-reactive ketones (excluding diaryl/α,β-unsaturated/α-hetero) is 1. The Hall–Kier alpha value is -2.55. The van der Waals surface area contributed by atoms with Gasteiger partial charge >= 0.3 is 0 Å². The Morgan fingerprint density at radius 1 is 1.20 bits per heavy atom. The lowest BCUT2D eigenvalue weighted by atomic mass is 10.1. The van der Waals surface area contributed by atoms with Gasteiger partial charge in [-0.2, -0.15) is 0 Å². The zero-order valence-corrected chi connectivity index (χ0v) is 11.1. The molecule has 0 bridgehead atoms. The molecule has 3 heteroatoms. The van der Waals surface area contributed by atoms with Crippen molar-refractivity contribution in [3.05, 3.63) is 64.7 Å². The Morgan fingerprint density at radius 3 is 2.75 bits per heavy atom. The second-order valence-electron chi connectivity index (χ2n) is 4.76. The summed E-state index contributed by atoms with van der Waals surface area (Å²) in [5.74, 6) is 0.970. The van der Waals surface area contributed by atoms with E-state index in [9.17, 15) is 9.90 Å². The first-order valence-electron chi connectivity index (χ1n) is 6.39. The molecule has 0 spiro atoms. The smallest absolute Gasteiger partial charge is 0.189 e. The molecule has 0 radical (unpaired) electrons. The summed E-state index contributed by atoms with van der Waals surface area (Å²) in [6.45, 7) is 0. The quantitative estimate of drug-likeness (QED) is 0.849. The van der Waals surface area contributed by atoms with Gasteiger partial charge in [-0.1, -0.05) is 24.3 Å². The molecule has 0 saturated heterocycles. The van der Waals surface area contributed by atoms with E-state index in [1.165, 1.54) is 0 Å². The maximum absolute atomic E-state index is 12.4. The first-order chi connectivity index (χ1) is 9.69. The number of allylic oxidation sites excluding steroid dienone is 1. The molecule has 1 aliphatic carbocycles. The van der Waals surface area contributed by atoms with Crippen molar-refractivity contribution in [1.29, 1.82) is 0 Å². The monoisotopic (exact) mass is 266 g/mol. The van der Waals surface area contributed by atoms with Crippen LogP contribution in [0, 0.1) is 0 Å². The standard InChI is InChI=1S/C17H14O3/c1-20-16-7-3-6-14-15(16)10-12(17(14)19)8-11-4-2-5-13(18)9-11/h2-9,18H,10H2,1H3/b12-8+. The molecular formula is C17H14O3. The van der Waals surface area contributed by atoms with Crippen LogP contribution in [0.25, 0.3) is 6.08 Å². The zero-order chi connectivity index (χ0) is 14.1. The van der Waals surface area contributed by atoms with Gasteiger partial charge in [-0.25, -0.2) is 0 Å². The first-order valence-corrected chi connectivity index (χ1v) is 6.39. The highest BCUT2D eigenvalue weighted by Gasteiger charge is 2.27. The molecule has 20 heavy (non-hydrogen) atoms. The third kappa shape index (κ3) is 2.07. The summed E-state index contributed by atoms with van der Waals surface area (Å²) in [6, 6.07) is 12.4. The normalized spacial score (nSPS) is 15.4. The number of rotatable bonds is 2. The van der Waals surface area contributed by atoms with Gasteiger partial charge in [-0.15, -0.1) is 0 Å². The SMILES string of the molecule is COc1cccc2c1C/C(=C\c1cccc(O)c1)C2=O. The van der Waals surface area contributed by atoms with Crippen molar-refractivity contribution < 1.29 is 14.6 Å². The molecule has 3 rings (SSSR count). The summed E-state index contributed by atoms with van der Waals surface area (Å²) in [6.07, 6.45) is 2.38. The van der Waals surface area contributed by atoms with Crippen LogP contribution in [0.5, 0.6) is 11.5 Å². The van der Waals surface area contributed by atoms with Crippen LogP contribution in [0.15, 0.2) is 48.0 Å². The third-order valence-electron chi connectivity index (χ3n) is 3.47. The van der Waals surface area contributed by atoms with Gasteiger partial charge < -0.3 is 9.84 Å². The lowest BCUT2D eigenvalue weighted by Crippen LogP contribution is -1.95. The highest BCUT2D eigenvalue weighted by Crippen LogP contribution is 2.34. The second kappa shape index (κ2) is 4.85. The van der Waals surface area contributed by atoms with Crippen molar-refractivity contribution in [1.82, 2.24) is 0 Å². The van der Waals surface area contributed by atoms with Gasteiger partial charge in [0.05, 0.1) is 7.11 Å². The van der Waals surface area contributed by atoms with Gasteiger partial charge in [0, 0.05) is 23.1 Å². The van der Waals surface area contributed by atoms with Crippen LogP contribution < -0.4 is 4.74 Å². The Labute approximate surface area is 117 Å². The summed E-state index contributed by atoms with van der Waals surface area (Å²) in [5, 5.41) is 9.47. The first kappa shape index (κ1) is 12.5. The summed E-state index contributed by atoms with van der Waals surface area (Å²) >= 11 is 0. The van der Waals surface area contributed by atoms with Crippen molar-refractivity contribution in [2.75, 3.05) is 7.11 Å². The van der Waals surface area contributed by atoms with Gasteiger partial charge in [-0.3, -0.25) is 4.79 Å². The van der Waals surface area contributed by atoms with Crippen molar-refractivity contribution in [3.63, 3.8) is 0 Å². The number of ketones is 1. The van der Waals surface area contributed by atoms with Gasteiger partial charge in [0.1, 0.15) is 11.5 Å². The van der Waals surface area contributed by atoms with Crippen LogP contribution >= 0.6 is 0 Å². The molecule has 3 nitrogen and oxygen atoms in total. The van der Waals surface area contributed by atoms with Crippen LogP contribution in [0.3, 0.4) is 0 Å². The summed E-state index contributed by atoms with van der Waals surface area (Å²) < 4.78 is 5.30. The average Bonchev–Trinajstić information content (AvgIpc) is 2.76. The topological polar surface area (TPSA) is 46.5 Å². The number of carbonyl (C=O) groups excluding carboxylic acids is 1. The Bertz CT molecular complexity index is 714. The van der Waals surface area contributed by atoms with Crippen LogP contribution in [0.1, 0.15) is 21.5 Å². The van der Waals surface area contributed by atoms with Gasteiger partial charge in [0.15, 0.2) is 5.78 Å². The highest BCUT2D eigenvalue weighted by molar-refractivity contribution is 6.16. The summed E-state index contributed by atoms with van der Waals surface area (Å²) in [4.78, 5) is 12.4. The molecular weight excluding hydrogens is 252 g/mol. The van der Waals surface area contributed by atoms with Crippen molar-refractivity contribution in [2.24, 2.45) is 0 Å². The van der Waals surface area contributed by atoms with E-state index in [0.29, 0.717) is 12.0 Å². The van der Waals surface area contributed by atoms with Crippen LogP contribution in [-0.4, -0.2) is 18.0 Å². The fraction of sp³-hybridized carbons (Fsp3) is 0.118. The molecule has 1 N–H and O–H groups in total. The van der Waals surface area contributed by atoms with E-state index >= 15 is 0 Å². The van der Waals surface area contributed by atoms with E-state index < -0.39 is 0 Å². The van der Waals surface area contributed by atoms with E-state index in [1.54, 1.807) is 25.3 Å². The minimum Gasteiger partial charge on any atom is -0.508 e. The van der Waals surface area contributed by atoms with E-state index in [0.717, 1.165) is 22.4 Å². The number of phenols is 1. The lowest BCUT2D eigenvalue weighted by Gasteiger charge is -2.04. The maximum atomic E-state index is 12.4. The van der Waals surface area contributed by atoms with E-state index in [-0.39, 0.29) is 11.5 Å². The van der Waals surface area contributed by atoms with E-state index in [2.05, 4.69) is 0 Å². The maximum Gasteiger partial charge on any atom is 0.189 e. The molecule has 0 aromatic heterocycles. The Kier molecular flexibility index (Phi) is 3.03. The third-order valence-corrected chi connectivity index (χ3v) is 3.47. The number of ether oxygens (including phenoxy) is 1. The molecule has 0 unspecified atom stereocenters. The van der Waals surface area contributed by atoms with Gasteiger partial charge in [-0.05, 0) is 29.8 Å². The number of hydrogen-bond acceptors (Lipinski definition) is 3. The second-order valence-corrected chi connectivity index (χ2v) is 4.76. The predicted octanol–water partition coefficient (Wildman–Crippen LogP) is 3.22. The van der Waals surface area contributed by atoms with Crippen molar-refractivity contribution >= 4 is 11.9 Å². The molecule has 0 heterocycles. The van der Waals surface area contributed by atoms with Crippen LogP contribution in [-0.2, 0) is 6.42 Å². The number of fused-ring (bicyclic) bond motifs is 1. The molecule has 100 valence electrons. The minimum absolute atomic E-state index is 0.0299. The Morgan fingerprint density at radius 2 is 2.00 bits per heavy atom. The number of benzene rings is 2. The molecule has 0 amide bonds. The van der Waals surface area contributed by atoms with E-state index in [1.807, 2.05) is 30.3 Å². The Balaban J connectivity index is 2.01. The largest absolute Gasteiger partial charge is 0.508 e. The predicted molar refractivity (Wildman–Crippen MR) is 77.1 cm³/mol. The fourth-order valence-corrected chi connectivity index (χ4v) is 2.53. The fourth-order valence-electron chi connectivity index (χ4n) is 2.53. The summed E-state index contributed by atoms with van der Waals surface area (Å²) in [5.41, 5.74) is 3.18. The molecule has 0 saturated carbocycles. The number of hydrogen-bond donors (Lipinski definition) is 1. The molecule has 2 aromatic carbocycles. The lowest BCUT2D eigenvalue weighted by molar-refractivity contribution is 0.104. The molecule has 2 aromatic rings. The molecule has 1 aliphatic rings. The summed E-state index contributed by atoms with van der Waals surface area (Å²) in [7, 11) is 1.61. The average molecular weight is 266 g/mol. The molecule has 0 fully saturated rings. The molecule has 0 aliphatic heterocycles. The van der Waals surface area contributed by atoms with Crippen molar-refractivity contribution in [2.45, 2.75) is 6.42 Å².